The lowest BCUT2D eigenvalue weighted by Crippen LogP contribution is -2.17. The van der Waals surface area contributed by atoms with Gasteiger partial charge in [-0.2, -0.15) is 13.2 Å². The van der Waals surface area contributed by atoms with Crippen LogP contribution in [0.3, 0.4) is 0 Å². The standard InChI is InChI=1S/C5H4ClF3O3/c6-3(10)4(11)12-2-1-5(7,8)9/h1-2H2. The predicted octanol–water partition coefficient (Wildman–Crippen LogP) is 1.25. The van der Waals surface area contributed by atoms with Crippen LogP contribution in [0.4, 0.5) is 13.2 Å². The molecule has 0 aliphatic carbocycles. The molecule has 0 heterocycles. The molecule has 0 saturated heterocycles. The van der Waals surface area contributed by atoms with Gasteiger partial charge in [-0.25, -0.2) is 4.79 Å². The lowest BCUT2D eigenvalue weighted by atomic mass is 10.4. The zero-order chi connectivity index (χ0) is 9.78. The maximum Gasteiger partial charge on any atom is 0.392 e. The number of esters is 1. The predicted molar refractivity (Wildman–Crippen MR) is 32.5 cm³/mol. The Hall–Kier alpha value is -0.780. The van der Waals surface area contributed by atoms with Gasteiger partial charge in [0.2, 0.25) is 0 Å². The van der Waals surface area contributed by atoms with Gasteiger partial charge < -0.3 is 4.74 Å². The minimum Gasteiger partial charge on any atom is -0.459 e. The number of carbonyl (C=O) groups excluding carboxylic acids is 2. The first-order valence-electron chi connectivity index (χ1n) is 2.76. The van der Waals surface area contributed by atoms with Crippen molar-refractivity contribution in [3.05, 3.63) is 0 Å². The summed E-state index contributed by atoms with van der Waals surface area (Å²) < 4.78 is 38.0. The van der Waals surface area contributed by atoms with Crippen molar-refractivity contribution in [1.29, 1.82) is 0 Å². The zero-order valence-electron chi connectivity index (χ0n) is 5.65. The van der Waals surface area contributed by atoms with Crippen molar-refractivity contribution in [3.8, 4) is 0 Å². The number of hydrogen-bond acceptors (Lipinski definition) is 3. The van der Waals surface area contributed by atoms with Gasteiger partial charge >= 0.3 is 17.4 Å². The average Bonchev–Trinajstić information content (AvgIpc) is 1.84. The number of rotatable bonds is 3. The molecule has 0 saturated carbocycles. The van der Waals surface area contributed by atoms with E-state index in [1.54, 1.807) is 0 Å². The maximum absolute atomic E-state index is 11.4. The van der Waals surface area contributed by atoms with Crippen LogP contribution in [-0.4, -0.2) is 24.0 Å². The molecule has 0 amide bonds. The van der Waals surface area contributed by atoms with Crippen molar-refractivity contribution < 1.29 is 27.5 Å². The number of carbonyl (C=O) groups is 2. The first kappa shape index (κ1) is 11.2. The highest BCUT2D eigenvalue weighted by molar-refractivity contribution is 6.80. The fraction of sp³-hybridized carbons (Fsp3) is 0.600. The van der Waals surface area contributed by atoms with Gasteiger partial charge in [-0.3, -0.25) is 4.79 Å². The molecular formula is C5H4ClF3O3. The van der Waals surface area contributed by atoms with E-state index in [0.29, 0.717) is 0 Å². The average molecular weight is 205 g/mol. The van der Waals surface area contributed by atoms with Crippen molar-refractivity contribution in [3.63, 3.8) is 0 Å². The van der Waals surface area contributed by atoms with E-state index in [0.717, 1.165) is 0 Å². The van der Waals surface area contributed by atoms with E-state index in [-0.39, 0.29) is 0 Å². The molecule has 0 aliphatic heterocycles. The minimum atomic E-state index is -4.41. The molecule has 0 atom stereocenters. The summed E-state index contributed by atoms with van der Waals surface area (Å²) in [6, 6.07) is 0. The zero-order valence-corrected chi connectivity index (χ0v) is 6.41. The number of hydrogen-bond donors (Lipinski definition) is 0. The summed E-state index contributed by atoms with van der Waals surface area (Å²) in [5, 5.41) is -1.43. The lowest BCUT2D eigenvalue weighted by Gasteiger charge is -2.04. The summed E-state index contributed by atoms with van der Waals surface area (Å²) in [7, 11) is 0. The third kappa shape index (κ3) is 5.96. The van der Waals surface area contributed by atoms with Crippen LogP contribution in [0.25, 0.3) is 0 Å². The molecule has 0 bridgehead atoms. The van der Waals surface area contributed by atoms with Crippen molar-refractivity contribution in [2.45, 2.75) is 12.6 Å². The molecule has 0 N–H and O–H groups in total. The summed E-state index contributed by atoms with van der Waals surface area (Å²) in [5.41, 5.74) is 0. The van der Waals surface area contributed by atoms with Crippen LogP contribution in [0.2, 0.25) is 0 Å². The summed E-state index contributed by atoms with van der Waals surface area (Å²) >= 11 is 4.58. The van der Waals surface area contributed by atoms with Crippen LogP contribution in [-0.2, 0) is 14.3 Å². The fourth-order valence-electron chi connectivity index (χ4n) is 0.316. The van der Waals surface area contributed by atoms with Crippen molar-refractivity contribution in [2.75, 3.05) is 6.61 Å². The van der Waals surface area contributed by atoms with Crippen molar-refractivity contribution in [1.82, 2.24) is 0 Å². The van der Waals surface area contributed by atoms with E-state index in [2.05, 4.69) is 16.3 Å². The van der Waals surface area contributed by atoms with Gasteiger partial charge in [-0.15, -0.1) is 0 Å². The molecule has 0 fully saturated rings. The van der Waals surface area contributed by atoms with Crippen LogP contribution in [0, 0.1) is 0 Å². The normalized spacial score (nSPS) is 11.0. The van der Waals surface area contributed by atoms with Gasteiger partial charge in [-0.05, 0) is 11.6 Å². The van der Waals surface area contributed by atoms with Crippen LogP contribution >= 0.6 is 11.6 Å². The Morgan fingerprint density at radius 1 is 1.33 bits per heavy atom. The van der Waals surface area contributed by atoms with Crippen molar-refractivity contribution in [2.24, 2.45) is 0 Å². The molecule has 0 aromatic heterocycles. The highest BCUT2D eigenvalue weighted by Gasteiger charge is 2.27. The molecule has 0 unspecified atom stereocenters. The van der Waals surface area contributed by atoms with Gasteiger partial charge in [0.1, 0.15) is 6.61 Å². The fourth-order valence-corrected chi connectivity index (χ4v) is 0.371. The SMILES string of the molecule is O=C(Cl)C(=O)OCCC(F)(F)F. The molecule has 0 spiro atoms. The van der Waals surface area contributed by atoms with E-state index >= 15 is 0 Å². The Labute approximate surface area is 70.4 Å². The maximum atomic E-state index is 11.4. The first-order chi connectivity index (χ1) is 5.33. The van der Waals surface area contributed by atoms with E-state index < -0.39 is 30.4 Å². The monoisotopic (exact) mass is 204 g/mol. The molecule has 0 aliphatic rings. The van der Waals surface area contributed by atoms with Crippen LogP contribution < -0.4 is 0 Å². The second-order valence-corrected chi connectivity index (χ2v) is 2.12. The molecule has 0 aromatic rings. The number of ether oxygens (including phenoxy) is 1. The van der Waals surface area contributed by atoms with Crippen LogP contribution in [0.15, 0.2) is 0 Å². The summed E-state index contributed by atoms with van der Waals surface area (Å²) in [6.07, 6.45) is -5.70. The molecule has 70 valence electrons. The smallest absolute Gasteiger partial charge is 0.392 e. The third-order valence-corrected chi connectivity index (χ3v) is 0.933. The second kappa shape index (κ2) is 4.30. The van der Waals surface area contributed by atoms with Gasteiger partial charge in [0, 0.05) is 0 Å². The molecular weight excluding hydrogens is 200 g/mol. The topological polar surface area (TPSA) is 43.4 Å². The Morgan fingerprint density at radius 2 is 1.83 bits per heavy atom. The van der Waals surface area contributed by atoms with E-state index in [1.165, 1.54) is 0 Å². The highest BCUT2D eigenvalue weighted by atomic mass is 35.5. The van der Waals surface area contributed by atoms with Gasteiger partial charge in [0.15, 0.2) is 0 Å². The molecule has 12 heavy (non-hydrogen) atoms. The van der Waals surface area contributed by atoms with Gasteiger partial charge in [-0.1, -0.05) is 0 Å². The Morgan fingerprint density at radius 3 is 2.17 bits per heavy atom. The third-order valence-electron chi connectivity index (χ3n) is 0.779. The Bertz CT molecular complexity index is 189. The van der Waals surface area contributed by atoms with Crippen molar-refractivity contribution >= 4 is 22.8 Å². The minimum absolute atomic E-state index is 0.888. The molecule has 0 aromatic carbocycles. The summed E-state index contributed by atoms with van der Waals surface area (Å²) in [4.78, 5) is 20.1. The molecule has 7 heteroatoms. The second-order valence-electron chi connectivity index (χ2n) is 1.77. The largest absolute Gasteiger partial charge is 0.459 e. The summed E-state index contributed by atoms with van der Waals surface area (Å²) in [6.45, 7) is -0.888. The summed E-state index contributed by atoms with van der Waals surface area (Å²) in [5.74, 6) is -1.47. The lowest BCUT2D eigenvalue weighted by molar-refractivity contribution is -0.161. The van der Waals surface area contributed by atoms with Crippen LogP contribution in [0.1, 0.15) is 6.42 Å². The number of halogens is 4. The van der Waals surface area contributed by atoms with E-state index in [9.17, 15) is 22.8 Å². The van der Waals surface area contributed by atoms with Gasteiger partial charge in [0.25, 0.3) is 0 Å². The van der Waals surface area contributed by atoms with Gasteiger partial charge in [0.05, 0.1) is 6.42 Å². The van der Waals surface area contributed by atoms with E-state index in [1.807, 2.05) is 0 Å². The molecule has 0 radical (unpaired) electrons. The Kier molecular flexibility index (Phi) is 4.02. The molecule has 3 nitrogen and oxygen atoms in total. The Balaban J connectivity index is 3.58. The highest BCUT2D eigenvalue weighted by Crippen LogP contribution is 2.18. The number of alkyl halides is 3. The van der Waals surface area contributed by atoms with Crippen LogP contribution in [0.5, 0.6) is 0 Å². The molecule has 0 rings (SSSR count). The quantitative estimate of drug-likeness (QED) is 0.395. The van der Waals surface area contributed by atoms with E-state index in [4.69, 9.17) is 0 Å². The first-order valence-corrected chi connectivity index (χ1v) is 3.14.